The number of aryl methyl sites for hydroxylation is 1. The molecule has 3 nitrogen and oxygen atoms in total. The van der Waals surface area contributed by atoms with Crippen LogP contribution < -0.4 is 10.1 Å². The summed E-state index contributed by atoms with van der Waals surface area (Å²) < 4.78 is 10.4. The van der Waals surface area contributed by atoms with Crippen molar-refractivity contribution in [3.63, 3.8) is 0 Å². The molecular formula is C14H17NO2. The normalized spacial score (nSPS) is 12.4. The van der Waals surface area contributed by atoms with Crippen LogP contribution in [0, 0.1) is 6.92 Å². The van der Waals surface area contributed by atoms with Gasteiger partial charge in [-0.05, 0) is 37.2 Å². The van der Waals surface area contributed by atoms with Crippen molar-refractivity contribution in [3.8, 4) is 5.75 Å². The van der Waals surface area contributed by atoms with Gasteiger partial charge in [0.15, 0.2) is 0 Å². The van der Waals surface area contributed by atoms with E-state index in [1.54, 1.807) is 19.6 Å². The third kappa shape index (κ3) is 2.34. The van der Waals surface area contributed by atoms with Crippen molar-refractivity contribution in [1.29, 1.82) is 0 Å². The number of methoxy groups -OCH3 is 1. The maximum atomic E-state index is 5.27. The SMILES string of the molecule is CNC(c1ccoc1)c1ccc(OC)c(C)c1. The summed E-state index contributed by atoms with van der Waals surface area (Å²) >= 11 is 0. The Balaban J connectivity index is 2.35. The molecule has 0 radical (unpaired) electrons. The van der Waals surface area contributed by atoms with Gasteiger partial charge in [-0.15, -0.1) is 0 Å². The molecule has 0 fully saturated rings. The van der Waals surface area contributed by atoms with E-state index in [0.29, 0.717) is 0 Å². The molecule has 17 heavy (non-hydrogen) atoms. The second-order valence-corrected chi connectivity index (χ2v) is 4.01. The van der Waals surface area contributed by atoms with Crippen LogP contribution in [-0.4, -0.2) is 14.2 Å². The van der Waals surface area contributed by atoms with Crippen molar-refractivity contribution in [2.75, 3.05) is 14.2 Å². The Morgan fingerprint density at radius 3 is 2.59 bits per heavy atom. The summed E-state index contributed by atoms with van der Waals surface area (Å²) in [6, 6.07) is 8.32. The van der Waals surface area contributed by atoms with Crippen LogP contribution in [0.3, 0.4) is 0 Å². The first-order valence-corrected chi connectivity index (χ1v) is 5.60. The molecule has 1 unspecified atom stereocenters. The van der Waals surface area contributed by atoms with E-state index in [0.717, 1.165) is 16.9 Å². The van der Waals surface area contributed by atoms with E-state index in [1.807, 2.05) is 26.1 Å². The van der Waals surface area contributed by atoms with E-state index < -0.39 is 0 Å². The van der Waals surface area contributed by atoms with Gasteiger partial charge in [0.05, 0.1) is 25.7 Å². The molecule has 1 N–H and O–H groups in total. The average Bonchev–Trinajstić information content (AvgIpc) is 2.84. The van der Waals surface area contributed by atoms with E-state index >= 15 is 0 Å². The zero-order chi connectivity index (χ0) is 12.3. The zero-order valence-corrected chi connectivity index (χ0v) is 10.4. The molecule has 90 valence electrons. The highest BCUT2D eigenvalue weighted by atomic mass is 16.5. The number of hydrogen-bond acceptors (Lipinski definition) is 3. The predicted octanol–water partition coefficient (Wildman–Crippen LogP) is 2.91. The van der Waals surface area contributed by atoms with Gasteiger partial charge in [0, 0.05) is 5.56 Å². The fraction of sp³-hybridized carbons (Fsp3) is 0.286. The van der Waals surface area contributed by atoms with Gasteiger partial charge in [-0.3, -0.25) is 0 Å². The Morgan fingerprint density at radius 1 is 1.24 bits per heavy atom. The molecule has 1 aromatic heterocycles. The van der Waals surface area contributed by atoms with Crippen molar-refractivity contribution in [1.82, 2.24) is 5.32 Å². The summed E-state index contributed by atoms with van der Waals surface area (Å²) in [4.78, 5) is 0. The van der Waals surface area contributed by atoms with Gasteiger partial charge in [-0.1, -0.05) is 12.1 Å². The zero-order valence-electron chi connectivity index (χ0n) is 10.4. The minimum absolute atomic E-state index is 0.151. The summed E-state index contributed by atoms with van der Waals surface area (Å²) in [5, 5.41) is 3.28. The maximum absolute atomic E-state index is 5.27. The number of hydrogen-bond donors (Lipinski definition) is 1. The monoisotopic (exact) mass is 231 g/mol. The lowest BCUT2D eigenvalue weighted by Gasteiger charge is -2.16. The van der Waals surface area contributed by atoms with E-state index in [4.69, 9.17) is 9.15 Å². The first kappa shape index (κ1) is 11.7. The number of rotatable bonds is 4. The van der Waals surface area contributed by atoms with Crippen molar-refractivity contribution in [2.45, 2.75) is 13.0 Å². The van der Waals surface area contributed by atoms with Crippen LogP contribution >= 0.6 is 0 Å². The van der Waals surface area contributed by atoms with Crippen molar-refractivity contribution in [2.24, 2.45) is 0 Å². The van der Waals surface area contributed by atoms with E-state index in [-0.39, 0.29) is 6.04 Å². The quantitative estimate of drug-likeness (QED) is 0.878. The largest absolute Gasteiger partial charge is 0.496 e. The summed E-state index contributed by atoms with van der Waals surface area (Å²) in [6.07, 6.45) is 3.46. The van der Waals surface area contributed by atoms with Crippen LogP contribution in [0.4, 0.5) is 0 Å². The summed E-state index contributed by atoms with van der Waals surface area (Å²) in [5.41, 5.74) is 3.46. The smallest absolute Gasteiger partial charge is 0.121 e. The molecule has 0 aliphatic heterocycles. The highest BCUT2D eigenvalue weighted by Crippen LogP contribution is 2.26. The van der Waals surface area contributed by atoms with Gasteiger partial charge < -0.3 is 14.5 Å². The van der Waals surface area contributed by atoms with Crippen molar-refractivity contribution >= 4 is 0 Å². The van der Waals surface area contributed by atoms with Crippen molar-refractivity contribution in [3.05, 3.63) is 53.5 Å². The second kappa shape index (κ2) is 5.06. The van der Waals surface area contributed by atoms with Crippen LogP contribution in [-0.2, 0) is 0 Å². The molecule has 0 amide bonds. The Hall–Kier alpha value is -1.74. The summed E-state index contributed by atoms with van der Waals surface area (Å²) in [7, 11) is 3.63. The van der Waals surface area contributed by atoms with E-state index in [1.165, 1.54) is 5.56 Å². The fourth-order valence-electron chi connectivity index (χ4n) is 2.05. The lowest BCUT2D eigenvalue weighted by Crippen LogP contribution is -2.17. The van der Waals surface area contributed by atoms with Gasteiger partial charge in [-0.2, -0.15) is 0 Å². The highest BCUT2D eigenvalue weighted by molar-refractivity contribution is 5.40. The fourth-order valence-corrected chi connectivity index (χ4v) is 2.05. The molecule has 0 aliphatic carbocycles. The summed E-state index contributed by atoms with van der Waals surface area (Å²) in [5.74, 6) is 0.913. The number of furan rings is 1. The molecule has 0 aliphatic rings. The predicted molar refractivity (Wildman–Crippen MR) is 67.3 cm³/mol. The van der Waals surface area contributed by atoms with Gasteiger partial charge >= 0.3 is 0 Å². The molecule has 2 rings (SSSR count). The molecule has 0 spiro atoms. The first-order valence-electron chi connectivity index (χ1n) is 5.60. The van der Waals surface area contributed by atoms with Gasteiger partial charge in [-0.25, -0.2) is 0 Å². The molecule has 1 aromatic carbocycles. The third-order valence-electron chi connectivity index (χ3n) is 2.92. The minimum atomic E-state index is 0.151. The molecule has 2 aromatic rings. The topological polar surface area (TPSA) is 34.4 Å². The molecule has 0 saturated heterocycles. The average molecular weight is 231 g/mol. The molecular weight excluding hydrogens is 214 g/mol. The molecule has 1 atom stereocenters. The molecule has 0 bridgehead atoms. The molecule has 0 saturated carbocycles. The Bertz CT molecular complexity index is 477. The Labute approximate surface area is 101 Å². The minimum Gasteiger partial charge on any atom is -0.496 e. The lowest BCUT2D eigenvalue weighted by molar-refractivity contribution is 0.411. The molecule has 1 heterocycles. The first-order chi connectivity index (χ1) is 8.26. The van der Waals surface area contributed by atoms with Gasteiger partial charge in [0.25, 0.3) is 0 Å². The van der Waals surface area contributed by atoms with E-state index in [2.05, 4.69) is 17.4 Å². The standard InChI is InChI=1S/C14H17NO2/c1-10-8-11(4-5-13(10)16-3)14(15-2)12-6-7-17-9-12/h4-9,14-15H,1-3H3. The van der Waals surface area contributed by atoms with Gasteiger partial charge in [0.1, 0.15) is 5.75 Å². The second-order valence-electron chi connectivity index (χ2n) is 4.01. The van der Waals surface area contributed by atoms with Crippen LogP contribution in [0.25, 0.3) is 0 Å². The number of ether oxygens (including phenoxy) is 1. The summed E-state index contributed by atoms with van der Waals surface area (Å²) in [6.45, 7) is 2.05. The van der Waals surface area contributed by atoms with Gasteiger partial charge in [0.2, 0.25) is 0 Å². The highest BCUT2D eigenvalue weighted by Gasteiger charge is 2.13. The van der Waals surface area contributed by atoms with Crippen LogP contribution in [0.15, 0.2) is 41.2 Å². The van der Waals surface area contributed by atoms with E-state index in [9.17, 15) is 0 Å². The van der Waals surface area contributed by atoms with Crippen LogP contribution in [0.1, 0.15) is 22.7 Å². The Kier molecular flexibility index (Phi) is 3.49. The van der Waals surface area contributed by atoms with Crippen molar-refractivity contribution < 1.29 is 9.15 Å². The Morgan fingerprint density at radius 2 is 2.06 bits per heavy atom. The van der Waals surface area contributed by atoms with Crippen LogP contribution in [0.5, 0.6) is 5.75 Å². The third-order valence-corrected chi connectivity index (χ3v) is 2.92. The lowest BCUT2D eigenvalue weighted by atomic mass is 9.99. The maximum Gasteiger partial charge on any atom is 0.121 e. The molecule has 3 heteroatoms. The van der Waals surface area contributed by atoms with Crippen LogP contribution in [0.2, 0.25) is 0 Å². The number of benzene rings is 1. The number of nitrogens with one attached hydrogen (secondary N) is 1.